The third kappa shape index (κ3) is 5.32. The van der Waals surface area contributed by atoms with Crippen LogP contribution in [0.4, 0.5) is 10.9 Å². The average molecular weight is 409 g/mol. The monoisotopic (exact) mass is 408 g/mol. The number of nitrogens with one attached hydrogen (secondary N) is 2. The van der Waals surface area contributed by atoms with E-state index in [1.807, 2.05) is 0 Å². The van der Waals surface area contributed by atoms with E-state index in [1.54, 1.807) is 31.3 Å². The Kier molecular flexibility index (Phi) is 6.54. The second kappa shape index (κ2) is 8.88. The first-order valence-electron chi connectivity index (χ1n) is 9.08. The van der Waals surface area contributed by atoms with E-state index in [1.165, 1.54) is 29.5 Å². The van der Waals surface area contributed by atoms with Gasteiger partial charge < -0.3 is 15.2 Å². The molecule has 0 aromatic carbocycles. The molecule has 27 heavy (non-hydrogen) atoms. The van der Waals surface area contributed by atoms with E-state index in [-0.39, 0.29) is 22.8 Å². The number of rotatable bonds is 7. The molecule has 0 radical (unpaired) electrons. The van der Waals surface area contributed by atoms with Crippen molar-refractivity contribution in [3.8, 4) is 0 Å². The van der Waals surface area contributed by atoms with Crippen molar-refractivity contribution in [2.75, 3.05) is 16.4 Å². The smallest absolute Gasteiger partial charge is 0.238 e. The van der Waals surface area contributed by atoms with Crippen molar-refractivity contribution in [2.24, 2.45) is 5.92 Å². The highest BCUT2D eigenvalue weighted by molar-refractivity contribution is 8.01. The quantitative estimate of drug-likeness (QED) is 0.726. The normalized spacial score (nSPS) is 17.2. The number of hydrogen-bond donors (Lipinski definition) is 2. The Hall–Kier alpha value is -1.87. The first kappa shape index (κ1) is 19.9. The Bertz CT molecular complexity index is 817. The van der Waals surface area contributed by atoms with Crippen molar-refractivity contribution in [1.29, 1.82) is 0 Å². The van der Waals surface area contributed by atoms with E-state index in [0.29, 0.717) is 16.7 Å². The molecule has 2 aromatic rings. The van der Waals surface area contributed by atoms with Crippen LogP contribution in [0.3, 0.4) is 0 Å². The van der Waals surface area contributed by atoms with E-state index in [0.717, 1.165) is 24.5 Å². The molecule has 1 aliphatic carbocycles. The fraction of sp³-hybridized carbons (Fsp3) is 0.556. The van der Waals surface area contributed by atoms with Gasteiger partial charge in [0, 0.05) is 10.9 Å². The summed E-state index contributed by atoms with van der Waals surface area (Å²) in [6.45, 7) is 5.73. The van der Waals surface area contributed by atoms with E-state index in [4.69, 9.17) is 4.52 Å². The van der Waals surface area contributed by atoms with Gasteiger partial charge in [-0.05, 0) is 39.0 Å². The molecule has 1 aliphatic rings. The number of fused-ring (bicyclic) bond motifs is 1. The lowest BCUT2D eigenvalue weighted by molar-refractivity contribution is -0.115. The highest BCUT2D eigenvalue weighted by Gasteiger charge is 2.22. The first-order valence-corrected chi connectivity index (χ1v) is 10.9. The molecule has 0 bridgehead atoms. The molecule has 146 valence electrons. The molecule has 2 N–H and O–H groups in total. The highest BCUT2D eigenvalue weighted by atomic mass is 32.2. The Morgan fingerprint density at radius 3 is 2.96 bits per heavy atom. The maximum absolute atomic E-state index is 12.2. The van der Waals surface area contributed by atoms with Gasteiger partial charge in [0.2, 0.25) is 11.8 Å². The van der Waals surface area contributed by atoms with Crippen molar-refractivity contribution in [1.82, 2.24) is 10.1 Å². The van der Waals surface area contributed by atoms with Gasteiger partial charge >= 0.3 is 0 Å². The van der Waals surface area contributed by atoms with Crippen molar-refractivity contribution in [3.05, 3.63) is 22.4 Å². The molecule has 0 aliphatic heterocycles. The molecular formula is C18H24N4O3S2. The Morgan fingerprint density at radius 2 is 2.26 bits per heavy atom. The van der Waals surface area contributed by atoms with E-state index in [2.05, 4.69) is 27.7 Å². The summed E-state index contributed by atoms with van der Waals surface area (Å²) in [5.74, 6) is 1.57. The maximum Gasteiger partial charge on any atom is 0.238 e. The molecule has 2 heterocycles. The number of anilines is 2. The largest absolute Gasteiger partial charge is 0.360 e. The fourth-order valence-electron chi connectivity index (χ4n) is 2.93. The van der Waals surface area contributed by atoms with Gasteiger partial charge in [-0.3, -0.25) is 9.59 Å². The van der Waals surface area contributed by atoms with Crippen molar-refractivity contribution < 1.29 is 14.1 Å². The molecule has 0 saturated heterocycles. The predicted molar refractivity (Wildman–Crippen MR) is 108 cm³/mol. The van der Waals surface area contributed by atoms with Crippen LogP contribution in [0.5, 0.6) is 0 Å². The van der Waals surface area contributed by atoms with Crippen LogP contribution in [-0.4, -0.2) is 33.0 Å². The van der Waals surface area contributed by atoms with Gasteiger partial charge in [-0.1, -0.05) is 18.5 Å². The summed E-state index contributed by atoms with van der Waals surface area (Å²) in [6.07, 6.45) is 4.41. The molecule has 7 nitrogen and oxygen atoms in total. The second-order valence-electron chi connectivity index (χ2n) is 6.72. The lowest BCUT2D eigenvalue weighted by Gasteiger charge is -2.18. The summed E-state index contributed by atoms with van der Waals surface area (Å²) < 4.78 is 4.92. The first-order chi connectivity index (χ1) is 12.9. The van der Waals surface area contributed by atoms with Crippen LogP contribution in [0.25, 0.3) is 0 Å². The summed E-state index contributed by atoms with van der Waals surface area (Å²) >= 11 is 2.85. The standard InChI is InChI=1S/C18H24N4O3S2/c1-4-12-5-6-13-14(8-12)27-18(19-13)21-16(23)9-26-11(3)17(24)20-15-7-10(2)25-22-15/h7,11-12H,4-6,8-9H2,1-3H3,(H,19,21,23)(H,20,22,24)/t11-,12-/m0/s1. The number of nitrogens with zero attached hydrogens (tertiary/aromatic N) is 2. The molecule has 0 spiro atoms. The van der Waals surface area contributed by atoms with Gasteiger partial charge in [0.15, 0.2) is 10.9 Å². The zero-order valence-corrected chi connectivity index (χ0v) is 17.3. The van der Waals surface area contributed by atoms with Crippen LogP contribution in [0.1, 0.15) is 43.0 Å². The summed E-state index contributed by atoms with van der Waals surface area (Å²) in [5, 5.41) is 9.55. The molecule has 2 amide bonds. The Morgan fingerprint density at radius 1 is 1.44 bits per heavy atom. The topological polar surface area (TPSA) is 97.1 Å². The third-order valence-corrected chi connectivity index (χ3v) is 6.76. The Balaban J connectivity index is 1.45. The molecule has 2 atom stereocenters. The summed E-state index contributed by atoms with van der Waals surface area (Å²) in [6, 6.07) is 1.65. The van der Waals surface area contributed by atoms with Gasteiger partial charge in [0.25, 0.3) is 0 Å². The molecule has 9 heteroatoms. The molecular weight excluding hydrogens is 384 g/mol. The van der Waals surface area contributed by atoms with Crippen LogP contribution < -0.4 is 10.6 Å². The lowest BCUT2D eigenvalue weighted by Crippen LogP contribution is -2.25. The SMILES string of the molecule is CC[C@H]1CCc2nc(NC(=O)CS[C@@H](C)C(=O)Nc3cc(C)on3)sc2C1. The highest BCUT2D eigenvalue weighted by Crippen LogP contribution is 2.33. The number of aromatic nitrogens is 2. The number of amides is 2. The van der Waals surface area contributed by atoms with Crippen LogP contribution in [0.15, 0.2) is 10.6 Å². The molecule has 2 aromatic heterocycles. The molecule has 0 saturated carbocycles. The van der Waals surface area contributed by atoms with Gasteiger partial charge in [-0.25, -0.2) is 4.98 Å². The fourth-order valence-corrected chi connectivity index (χ4v) is 4.75. The minimum Gasteiger partial charge on any atom is -0.360 e. The van der Waals surface area contributed by atoms with Crippen LogP contribution in [0, 0.1) is 12.8 Å². The zero-order chi connectivity index (χ0) is 19.4. The third-order valence-electron chi connectivity index (χ3n) is 4.58. The number of aryl methyl sites for hydroxylation is 2. The van der Waals surface area contributed by atoms with Crippen LogP contribution in [-0.2, 0) is 22.4 Å². The van der Waals surface area contributed by atoms with E-state index in [9.17, 15) is 9.59 Å². The van der Waals surface area contributed by atoms with Crippen LogP contribution >= 0.6 is 23.1 Å². The minimum atomic E-state index is -0.387. The van der Waals surface area contributed by atoms with Gasteiger partial charge in [0.05, 0.1) is 16.7 Å². The maximum atomic E-state index is 12.2. The molecule has 0 unspecified atom stereocenters. The number of carbonyl (C=O) groups is 2. The summed E-state index contributed by atoms with van der Waals surface area (Å²) in [4.78, 5) is 30.2. The van der Waals surface area contributed by atoms with Crippen LogP contribution in [0.2, 0.25) is 0 Å². The number of carbonyl (C=O) groups excluding carboxylic acids is 2. The molecule has 3 rings (SSSR count). The second-order valence-corrected chi connectivity index (χ2v) is 9.13. The summed E-state index contributed by atoms with van der Waals surface area (Å²) in [7, 11) is 0. The lowest BCUT2D eigenvalue weighted by atomic mass is 9.89. The minimum absolute atomic E-state index is 0.143. The number of thioether (sulfide) groups is 1. The number of thiazole rings is 1. The predicted octanol–water partition coefficient (Wildman–Crippen LogP) is 3.65. The molecule has 0 fully saturated rings. The van der Waals surface area contributed by atoms with E-state index < -0.39 is 0 Å². The van der Waals surface area contributed by atoms with Crippen molar-refractivity contribution in [3.63, 3.8) is 0 Å². The van der Waals surface area contributed by atoms with E-state index >= 15 is 0 Å². The Labute approximate surface area is 166 Å². The van der Waals surface area contributed by atoms with Crippen molar-refractivity contribution in [2.45, 2.75) is 51.7 Å². The average Bonchev–Trinajstić information content (AvgIpc) is 3.23. The van der Waals surface area contributed by atoms with Gasteiger partial charge in [0.1, 0.15) is 5.76 Å². The van der Waals surface area contributed by atoms with Gasteiger partial charge in [-0.15, -0.1) is 23.1 Å². The summed E-state index contributed by atoms with van der Waals surface area (Å²) in [5.41, 5.74) is 1.13. The number of hydrogen-bond acceptors (Lipinski definition) is 7. The van der Waals surface area contributed by atoms with Crippen molar-refractivity contribution >= 4 is 45.9 Å². The zero-order valence-electron chi connectivity index (χ0n) is 15.7. The van der Waals surface area contributed by atoms with Gasteiger partial charge in [-0.2, -0.15) is 0 Å².